The van der Waals surface area contributed by atoms with Crippen molar-refractivity contribution in [3.63, 3.8) is 0 Å². The zero-order chi connectivity index (χ0) is 26.5. The van der Waals surface area contributed by atoms with Crippen molar-refractivity contribution in [2.24, 2.45) is 0 Å². The third-order valence-electron chi connectivity index (χ3n) is 5.85. The molecular formula is C27H27FN4O5. The van der Waals surface area contributed by atoms with E-state index in [1.165, 1.54) is 19.1 Å². The number of carbonyl (C=O) groups is 2. The van der Waals surface area contributed by atoms with Crippen molar-refractivity contribution in [1.82, 2.24) is 20.4 Å². The summed E-state index contributed by atoms with van der Waals surface area (Å²) in [5.74, 6) is 0.356. The fourth-order valence-corrected chi connectivity index (χ4v) is 3.97. The number of carboxylic acid groups (broad SMARTS) is 1. The lowest BCUT2D eigenvalue weighted by atomic mass is 10.0. The highest BCUT2D eigenvalue weighted by Gasteiger charge is 2.26. The molecule has 1 aromatic heterocycles. The number of benzene rings is 3. The average Bonchev–Trinajstić information content (AvgIpc) is 3.30. The van der Waals surface area contributed by atoms with E-state index >= 15 is 0 Å². The predicted molar refractivity (Wildman–Crippen MR) is 136 cm³/mol. The molecular weight excluding hydrogens is 479 g/mol. The van der Waals surface area contributed by atoms with E-state index in [0.29, 0.717) is 11.5 Å². The highest BCUT2D eigenvalue weighted by Crippen LogP contribution is 2.30. The van der Waals surface area contributed by atoms with E-state index in [1.807, 2.05) is 30.3 Å². The van der Waals surface area contributed by atoms with E-state index in [1.54, 1.807) is 49.2 Å². The van der Waals surface area contributed by atoms with Gasteiger partial charge in [-0.1, -0.05) is 12.1 Å². The van der Waals surface area contributed by atoms with Crippen LogP contribution in [-0.4, -0.2) is 46.1 Å². The van der Waals surface area contributed by atoms with Crippen molar-refractivity contribution in [3.8, 4) is 17.2 Å². The summed E-state index contributed by atoms with van der Waals surface area (Å²) in [7, 11) is 1.56. The molecule has 2 amide bonds. The Bertz CT molecular complexity index is 1410. The van der Waals surface area contributed by atoms with E-state index in [2.05, 4.69) is 15.7 Å². The number of aromatic nitrogens is 2. The Kier molecular flexibility index (Phi) is 7.57. The van der Waals surface area contributed by atoms with E-state index in [0.717, 1.165) is 22.2 Å². The Morgan fingerprint density at radius 2 is 1.76 bits per heavy atom. The van der Waals surface area contributed by atoms with Crippen molar-refractivity contribution >= 4 is 22.9 Å². The third kappa shape index (κ3) is 5.97. The predicted octanol–water partition coefficient (Wildman–Crippen LogP) is 4.45. The maximum Gasteiger partial charge on any atom is 0.405 e. The molecule has 4 aromatic rings. The SMILES string of the molecule is COc1cccc([C@H](Oc2ccc3c(cnn3-c3ccc(F)cc3)c2)[C@H](C)NC(=O)[C@@H](C)NC(=O)O)c1. The second-order valence-corrected chi connectivity index (χ2v) is 8.54. The first-order valence-corrected chi connectivity index (χ1v) is 11.6. The summed E-state index contributed by atoms with van der Waals surface area (Å²) in [6, 6.07) is 17.4. The Labute approximate surface area is 212 Å². The van der Waals surface area contributed by atoms with Gasteiger partial charge in [-0.3, -0.25) is 4.79 Å². The number of carbonyl (C=O) groups excluding carboxylic acids is 1. The van der Waals surface area contributed by atoms with Crippen molar-refractivity contribution in [1.29, 1.82) is 0 Å². The van der Waals surface area contributed by atoms with E-state index in [9.17, 15) is 14.0 Å². The second kappa shape index (κ2) is 11.0. The number of nitrogens with zero attached hydrogens (tertiary/aromatic N) is 2. The minimum atomic E-state index is -1.29. The van der Waals surface area contributed by atoms with E-state index in [-0.39, 0.29) is 5.82 Å². The number of fused-ring (bicyclic) bond motifs is 1. The van der Waals surface area contributed by atoms with Crippen molar-refractivity contribution < 1.29 is 28.6 Å². The van der Waals surface area contributed by atoms with Crippen LogP contribution in [0.5, 0.6) is 11.5 Å². The second-order valence-electron chi connectivity index (χ2n) is 8.54. The van der Waals surface area contributed by atoms with Gasteiger partial charge in [0.1, 0.15) is 29.5 Å². The Morgan fingerprint density at radius 1 is 1.00 bits per heavy atom. The average molecular weight is 507 g/mol. The van der Waals surface area contributed by atoms with Crippen LogP contribution in [0.2, 0.25) is 0 Å². The highest BCUT2D eigenvalue weighted by molar-refractivity contribution is 5.85. The first-order valence-electron chi connectivity index (χ1n) is 11.6. The molecule has 3 N–H and O–H groups in total. The van der Waals surface area contributed by atoms with Crippen LogP contribution in [0.3, 0.4) is 0 Å². The highest BCUT2D eigenvalue weighted by atomic mass is 19.1. The topological polar surface area (TPSA) is 115 Å². The molecule has 3 aromatic carbocycles. The smallest absolute Gasteiger partial charge is 0.405 e. The summed E-state index contributed by atoms with van der Waals surface area (Å²) in [6.45, 7) is 3.24. The standard InChI is InChI=1S/C27H27FN4O5/c1-16(30-26(33)17(2)31-27(34)35)25(18-5-4-6-22(13-18)36-3)37-23-11-12-24-19(14-23)15-29-32(24)21-9-7-20(28)8-10-21/h4-17,25,31H,1-3H3,(H,30,33)(H,34,35)/t16-,17+,25+/m0/s1. The van der Waals surface area contributed by atoms with Gasteiger partial charge in [0, 0.05) is 5.39 Å². The van der Waals surface area contributed by atoms with Crippen molar-refractivity contribution in [2.45, 2.75) is 32.0 Å². The van der Waals surface area contributed by atoms with E-state index in [4.69, 9.17) is 14.6 Å². The van der Waals surface area contributed by atoms with Gasteiger partial charge in [0.25, 0.3) is 0 Å². The molecule has 0 saturated carbocycles. The molecule has 0 bridgehead atoms. The number of halogens is 1. The molecule has 1 heterocycles. The molecule has 0 aliphatic rings. The fraction of sp³-hybridized carbons (Fsp3) is 0.222. The van der Waals surface area contributed by atoms with Gasteiger partial charge < -0.3 is 25.2 Å². The summed E-state index contributed by atoms with van der Waals surface area (Å²) in [5, 5.41) is 19.1. The first kappa shape index (κ1) is 25.5. The zero-order valence-corrected chi connectivity index (χ0v) is 20.5. The van der Waals surface area contributed by atoms with E-state index < -0.39 is 30.2 Å². The van der Waals surface area contributed by atoms with Crippen molar-refractivity contribution in [2.75, 3.05) is 7.11 Å². The zero-order valence-electron chi connectivity index (χ0n) is 20.5. The summed E-state index contributed by atoms with van der Waals surface area (Å²) in [6.07, 6.45) is -0.220. The molecule has 0 saturated heterocycles. The van der Waals surface area contributed by atoms with Crippen LogP contribution in [0.1, 0.15) is 25.5 Å². The monoisotopic (exact) mass is 506 g/mol. The van der Waals surface area contributed by atoms with Crippen LogP contribution in [0.4, 0.5) is 9.18 Å². The maximum absolute atomic E-state index is 13.3. The minimum absolute atomic E-state index is 0.325. The lowest BCUT2D eigenvalue weighted by Gasteiger charge is -2.28. The van der Waals surface area contributed by atoms with Gasteiger partial charge in [-0.05, 0) is 74.0 Å². The Balaban J connectivity index is 1.62. The molecule has 0 spiro atoms. The molecule has 4 rings (SSSR count). The maximum atomic E-state index is 13.3. The van der Waals surface area contributed by atoms with Crippen molar-refractivity contribution in [3.05, 3.63) is 84.3 Å². The molecule has 0 unspecified atom stereocenters. The van der Waals surface area contributed by atoms with Crippen LogP contribution in [0, 0.1) is 5.82 Å². The molecule has 0 aliphatic heterocycles. The molecule has 0 fully saturated rings. The van der Waals surface area contributed by atoms with Gasteiger partial charge in [0.05, 0.1) is 30.6 Å². The normalized spacial score (nSPS) is 13.4. The molecule has 192 valence electrons. The Morgan fingerprint density at radius 3 is 2.46 bits per heavy atom. The van der Waals surface area contributed by atoms with Gasteiger partial charge in [0.15, 0.2) is 0 Å². The number of ether oxygens (including phenoxy) is 2. The summed E-state index contributed by atoms with van der Waals surface area (Å²) >= 11 is 0. The van der Waals surface area contributed by atoms with Crippen LogP contribution < -0.4 is 20.1 Å². The summed E-state index contributed by atoms with van der Waals surface area (Å²) < 4.78 is 26.8. The lowest BCUT2D eigenvalue weighted by molar-refractivity contribution is -0.123. The van der Waals surface area contributed by atoms with Gasteiger partial charge in [-0.2, -0.15) is 5.10 Å². The third-order valence-corrected chi connectivity index (χ3v) is 5.85. The fourth-order valence-electron chi connectivity index (χ4n) is 3.97. The van der Waals surface area contributed by atoms with Crippen LogP contribution in [-0.2, 0) is 4.79 Å². The molecule has 0 aliphatic carbocycles. The first-order chi connectivity index (χ1) is 17.7. The molecule has 9 nitrogen and oxygen atoms in total. The lowest BCUT2D eigenvalue weighted by Crippen LogP contribution is -2.49. The molecule has 37 heavy (non-hydrogen) atoms. The molecule has 3 atom stereocenters. The number of hydrogen-bond acceptors (Lipinski definition) is 5. The largest absolute Gasteiger partial charge is 0.497 e. The van der Waals surface area contributed by atoms with Crippen LogP contribution in [0.15, 0.2) is 72.9 Å². The summed E-state index contributed by atoms with van der Waals surface area (Å²) in [4.78, 5) is 23.5. The number of hydrogen-bond donors (Lipinski definition) is 3. The molecule has 0 radical (unpaired) electrons. The number of amides is 2. The number of rotatable bonds is 9. The number of methoxy groups -OCH3 is 1. The minimum Gasteiger partial charge on any atom is -0.497 e. The van der Waals surface area contributed by atoms with Gasteiger partial charge >= 0.3 is 6.09 Å². The van der Waals surface area contributed by atoms with Crippen LogP contribution in [0.25, 0.3) is 16.6 Å². The van der Waals surface area contributed by atoms with Gasteiger partial charge in [0.2, 0.25) is 5.91 Å². The van der Waals surface area contributed by atoms with Crippen LogP contribution >= 0.6 is 0 Å². The van der Waals surface area contributed by atoms with Gasteiger partial charge in [-0.15, -0.1) is 0 Å². The quantitative estimate of drug-likeness (QED) is 0.309. The number of nitrogens with one attached hydrogen (secondary N) is 2. The Hall–Kier alpha value is -4.60. The van der Waals surface area contributed by atoms with Gasteiger partial charge in [-0.25, -0.2) is 13.9 Å². The molecule has 10 heteroatoms. The summed E-state index contributed by atoms with van der Waals surface area (Å²) in [5.41, 5.74) is 2.29.